The Hall–Kier alpha value is -0.473. The van der Waals surface area contributed by atoms with Gasteiger partial charge in [0.25, 0.3) is 0 Å². The Morgan fingerprint density at radius 3 is 2.70 bits per heavy atom. The molecule has 0 aromatic heterocycles. The first kappa shape index (κ1) is 7.63. The largest absolute Gasteiger partial charge is 0.495 e. The summed E-state index contributed by atoms with van der Waals surface area (Å²) < 4.78 is 5.02. The highest BCUT2D eigenvalue weighted by atomic mass is 35.5. The first-order valence-electron chi connectivity index (χ1n) is 3.04. The van der Waals surface area contributed by atoms with Crippen LogP contribution in [0.4, 0.5) is 0 Å². The van der Waals surface area contributed by atoms with Gasteiger partial charge in [-0.2, -0.15) is 0 Å². The molecular formula is C7H9ClOSi. The summed E-state index contributed by atoms with van der Waals surface area (Å²) in [7, 11) is 2.66. The first-order valence-corrected chi connectivity index (χ1v) is 4.42. The monoisotopic (exact) mass is 172 g/mol. The Morgan fingerprint density at radius 1 is 1.50 bits per heavy atom. The van der Waals surface area contributed by atoms with Crippen molar-refractivity contribution < 1.29 is 4.74 Å². The third-order valence-corrected chi connectivity index (χ3v) is 2.24. The molecule has 0 saturated heterocycles. The van der Waals surface area contributed by atoms with Crippen LogP contribution >= 0.6 is 11.6 Å². The molecule has 10 heavy (non-hydrogen) atoms. The van der Waals surface area contributed by atoms with Crippen molar-refractivity contribution >= 4 is 27.0 Å². The molecule has 0 unspecified atom stereocenters. The van der Waals surface area contributed by atoms with E-state index in [1.807, 2.05) is 18.2 Å². The van der Waals surface area contributed by atoms with E-state index in [-0.39, 0.29) is 0 Å². The second-order valence-corrected chi connectivity index (χ2v) is 3.70. The summed E-state index contributed by atoms with van der Waals surface area (Å²) in [5.74, 6) is 0.772. The van der Waals surface area contributed by atoms with Crippen molar-refractivity contribution in [2.75, 3.05) is 7.11 Å². The van der Waals surface area contributed by atoms with Gasteiger partial charge in [-0.15, -0.1) is 0 Å². The Bertz CT molecular complexity index is 237. The van der Waals surface area contributed by atoms with E-state index in [4.69, 9.17) is 16.3 Å². The molecule has 1 aromatic rings. The van der Waals surface area contributed by atoms with Crippen LogP contribution in [0.25, 0.3) is 0 Å². The van der Waals surface area contributed by atoms with Crippen LogP contribution in [0.15, 0.2) is 18.2 Å². The molecule has 1 nitrogen and oxygen atoms in total. The van der Waals surface area contributed by atoms with E-state index in [9.17, 15) is 0 Å². The van der Waals surface area contributed by atoms with Crippen molar-refractivity contribution in [3.63, 3.8) is 0 Å². The van der Waals surface area contributed by atoms with Gasteiger partial charge >= 0.3 is 0 Å². The zero-order chi connectivity index (χ0) is 7.56. The smallest absolute Gasteiger partial charge is 0.137 e. The highest BCUT2D eigenvalue weighted by Gasteiger charge is 1.97. The highest BCUT2D eigenvalue weighted by Crippen LogP contribution is 2.20. The molecule has 0 aliphatic rings. The van der Waals surface area contributed by atoms with Gasteiger partial charge in [-0.25, -0.2) is 0 Å². The van der Waals surface area contributed by atoms with Crippen LogP contribution in [0.2, 0.25) is 5.02 Å². The van der Waals surface area contributed by atoms with Crippen molar-refractivity contribution in [2.45, 2.75) is 0 Å². The fourth-order valence-corrected chi connectivity index (χ4v) is 1.39. The molecule has 0 radical (unpaired) electrons. The lowest BCUT2D eigenvalue weighted by atomic mass is 10.3. The first-order chi connectivity index (χ1) is 4.74. The highest BCUT2D eigenvalue weighted by molar-refractivity contribution is 6.35. The van der Waals surface area contributed by atoms with E-state index < -0.39 is 0 Å². The standard InChI is InChI=1S/C7H9ClOSi/c1-9-7-4-5(10)2-3-6(7)8/h2-4H,1,10H3. The van der Waals surface area contributed by atoms with Crippen molar-refractivity contribution in [3.8, 4) is 5.75 Å². The molecule has 0 heterocycles. The van der Waals surface area contributed by atoms with Crippen LogP contribution in [0.5, 0.6) is 5.75 Å². The van der Waals surface area contributed by atoms with Gasteiger partial charge in [0.2, 0.25) is 0 Å². The number of ether oxygens (including phenoxy) is 1. The lowest BCUT2D eigenvalue weighted by Gasteiger charge is -2.02. The van der Waals surface area contributed by atoms with Crippen LogP contribution in [0.3, 0.4) is 0 Å². The van der Waals surface area contributed by atoms with E-state index in [1.165, 1.54) is 5.19 Å². The molecule has 1 aromatic carbocycles. The maximum atomic E-state index is 5.79. The average molecular weight is 173 g/mol. The molecule has 0 atom stereocenters. The molecule has 0 amide bonds. The summed E-state index contributed by atoms with van der Waals surface area (Å²) in [4.78, 5) is 0. The molecule has 0 fully saturated rings. The normalized spacial score (nSPS) is 9.80. The summed E-state index contributed by atoms with van der Waals surface area (Å²) in [6.07, 6.45) is 0. The Labute approximate surface area is 68.4 Å². The van der Waals surface area contributed by atoms with Crippen LogP contribution in [0, 0.1) is 0 Å². The number of rotatable bonds is 1. The zero-order valence-electron chi connectivity index (χ0n) is 6.02. The molecule has 0 N–H and O–H groups in total. The average Bonchev–Trinajstić information content (AvgIpc) is 1.94. The van der Waals surface area contributed by atoms with Gasteiger partial charge in [0.1, 0.15) is 5.75 Å². The second-order valence-electron chi connectivity index (χ2n) is 2.14. The van der Waals surface area contributed by atoms with E-state index in [0.717, 1.165) is 16.0 Å². The summed E-state index contributed by atoms with van der Waals surface area (Å²) in [6, 6.07) is 5.84. The number of halogens is 1. The lowest BCUT2D eigenvalue weighted by molar-refractivity contribution is 0.415. The summed E-state index contributed by atoms with van der Waals surface area (Å²) >= 11 is 5.79. The lowest BCUT2D eigenvalue weighted by Crippen LogP contribution is -2.01. The molecule has 0 spiro atoms. The Balaban J connectivity index is 3.09. The van der Waals surface area contributed by atoms with Gasteiger partial charge in [0.15, 0.2) is 0 Å². The fourth-order valence-electron chi connectivity index (χ4n) is 0.767. The molecule has 54 valence electrons. The minimum atomic E-state index is 0.683. The van der Waals surface area contributed by atoms with Crippen molar-refractivity contribution in [3.05, 3.63) is 23.2 Å². The minimum Gasteiger partial charge on any atom is -0.495 e. The summed E-state index contributed by atoms with van der Waals surface area (Å²) in [5.41, 5.74) is 0. The predicted octanol–water partition coefficient (Wildman–Crippen LogP) is 0.339. The van der Waals surface area contributed by atoms with Gasteiger partial charge in [0, 0.05) is 10.2 Å². The number of hydrogen-bond acceptors (Lipinski definition) is 1. The zero-order valence-corrected chi connectivity index (χ0v) is 8.77. The maximum absolute atomic E-state index is 5.79. The molecule has 1 rings (SSSR count). The van der Waals surface area contributed by atoms with Gasteiger partial charge in [-0.1, -0.05) is 22.9 Å². The van der Waals surface area contributed by atoms with Crippen molar-refractivity contribution in [1.82, 2.24) is 0 Å². The van der Waals surface area contributed by atoms with E-state index in [1.54, 1.807) is 7.11 Å². The fraction of sp³-hybridized carbons (Fsp3) is 0.143. The number of benzene rings is 1. The van der Waals surface area contributed by atoms with E-state index >= 15 is 0 Å². The Morgan fingerprint density at radius 2 is 2.20 bits per heavy atom. The maximum Gasteiger partial charge on any atom is 0.137 e. The summed E-state index contributed by atoms with van der Waals surface area (Å²) in [5, 5.41) is 1.98. The van der Waals surface area contributed by atoms with Gasteiger partial charge in [-0.05, 0) is 12.1 Å². The van der Waals surface area contributed by atoms with Crippen LogP contribution in [-0.4, -0.2) is 17.4 Å². The van der Waals surface area contributed by atoms with Crippen molar-refractivity contribution in [1.29, 1.82) is 0 Å². The molecule has 0 saturated carbocycles. The molecular weight excluding hydrogens is 164 g/mol. The molecule has 0 aliphatic heterocycles. The minimum absolute atomic E-state index is 0.683. The van der Waals surface area contributed by atoms with E-state index in [2.05, 4.69) is 0 Å². The predicted molar refractivity (Wildman–Crippen MR) is 47.6 cm³/mol. The quantitative estimate of drug-likeness (QED) is 0.556. The Kier molecular flexibility index (Phi) is 2.35. The molecule has 0 bridgehead atoms. The second kappa shape index (κ2) is 3.08. The van der Waals surface area contributed by atoms with Gasteiger partial charge < -0.3 is 4.74 Å². The van der Waals surface area contributed by atoms with Gasteiger partial charge in [0.05, 0.1) is 12.1 Å². The van der Waals surface area contributed by atoms with Crippen LogP contribution in [-0.2, 0) is 0 Å². The third-order valence-electron chi connectivity index (χ3n) is 1.31. The molecule has 0 aliphatic carbocycles. The van der Waals surface area contributed by atoms with Crippen LogP contribution < -0.4 is 9.92 Å². The van der Waals surface area contributed by atoms with Crippen LogP contribution in [0.1, 0.15) is 0 Å². The third kappa shape index (κ3) is 1.52. The SMILES string of the molecule is COc1cc([SiH3])ccc1Cl. The molecule has 3 heteroatoms. The topological polar surface area (TPSA) is 9.23 Å². The number of methoxy groups -OCH3 is 1. The summed E-state index contributed by atoms with van der Waals surface area (Å²) in [6.45, 7) is 0. The van der Waals surface area contributed by atoms with Crippen molar-refractivity contribution in [2.24, 2.45) is 0 Å². The van der Waals surface area contributed by atoms with Gasteiger partial charge in [-0.3, -0.25) is 0 Å². The number of hydrogen-bond donors (Lipinski definition) is 0. The van der Waals surface area contributed by atoms with E-state index in [0.29, 0.717) is 5.02 Å².